The van der Waals surface area contributed by atoms with Crippen LogP contribution in [0.5, 0.6) is 0 Å². The molecular weight excluding hydrogens is 370 g/mol. The first kappa shape index (κ1) is 17.6. The van der Waals surface area contributed by atoms with Crippen molar-refractivity contribution in [2.24, 2.45) is 0 Å². The molecule has 6 nitrogen and oxygen atoms in total. The second kappa shape index (κ2) is 6.73. The third kappa shape index (κ3) is 2.94. The summed E-state index contributed by atoms with van der Waals surface area (Å²) in [6.45, 7) is -0.0404. The number of carbonyl (C=O) groups is 3. The van der Waals surface area contributed by atoms with E-state index >= 15 is 0 Å². The van der Waals surface area contributed by atoms with Crippen molar-refractivity contribution in [3.63, 3.8) is 0 Å². The molecule has 0 radical (unpaired) electrons. The quantitative estimate of drug-likeness (QED) is 0.699. The summed E-state index contributed by atoms with van der Waals surface area (Å²) >= 11 is 0. The predicted octanol–water partition coefficient (Wildman–Crippen LogP) is 3.61. The van der Waals surface area contributed by atoms with Gasteiger partial charge in [0, 0.05) is 5.56 Å². The van der Waals surface area contributed by atoms with Gasteiger partial charge in [0.15, 0.2) is 0 Å². The highest BCUT2D eigenvalue weighted by Crippen LogP contribution is 2.26. The zero-order valence-corrected chi connectivity index (χ0v) is 14.2. The first-order valence-electron chi connectivity index (χ1n) is 8.23. The van der Waals surface area contributed by atoms with Crippen molar-refractivity contribution in [3.8, 4) is 0 Å². The molecule has 1 aliphatic rings. The molecule has 0 saturated heterocycles. The number of anilines is 1. The minimum Gasteiger partial charge on any atom is -0.467 e. The molecule has 4 rings (SSSR count). The van der Waals surface area contributed by atoms with E-state index in [9.17, 15) is 23.2 Å². The van der Waals surface area contributed by atoms with Gasteiger partial charge in [-0.1, -0.05) is 6.07 Å². The Morgan fingerprint density at radius 1 is 0.964 bits per heavy atom. The lowest BCUT2D eigenvalue weighted by Crippen LogP contribution is -2.28. The summed E-state index contributed by atoms with van der Waals surface area (Å²) < 4.78 is 32.6. The van der Waals surface area contributed by atoms with Gasteiger partial charge in [-0.2, -0.15) is 0 Å². The van der Waals surface area contributed by atoms with Crippen LogP contribution in [-0.2, 0) is 6.54 Å². The molecule has 3 amide bonds. The summed E-state index contributed by atoms with van der Waals surface area (Å²) in [7, 11) is 0. The van der Waals surface area contributed by atoms with Gasteiger partial charge in [-0.05, 0) is 42.5 Å². The van der Waals surface area contributed by atoms with Gasteiger partial charge in [0.1, 0.15) is 23.1 Å². The fraction of sp³-hybridized carbons (Fsp3) is 0.0500. The molecule has 1 N–H and O–H groups in total. The molecule has 0 fully saturated rings. The summed E-state index contributed by atoms with van der Waals surface area (Å²) in [5.41, 5.74) is -0.416. The van der Waals surface area contributed by atoms with Crippen molar-refractivity contribution < 1.29 is 27.6 Å². The van der Waals surface area contributed by atoms with E-state index < -0.39 is 35.0 Å². The van der Waals surface area contributed by atoms with Crippen molar-refractivity contribution >= 4 is 23.4 Å². The Morgan fingerprint density at radius 2 is 1.68 bits per heavy atom. The zero-order valence-electron chi connectivity index (χ0n) is 14.2. The topological polar surface area (TPSA) is 79.6 Å². The van der Waals surface area contributed by atoms with E-state index in [1.54, 1.807) is 12.1 Å². The highest BCUT2D eigenvalue weighted by Gasteiger charge is 2.36. The molecular formula is C20H12F2N2O4. The molecule has 2 aromatic carbocycles. The Kier molecular flexibility index (Phi) is 4.23. The molecule has 0 bridgehead atoms. The van der Waals surface area contributed by atoms with E-state index in [0.29, 0.717) is 5.76 Å². The molecule has 2 heterocycles. The maximum atomic E-state index is 13.7. The van der Waals surface area contributed by atoms with Gasteiger partial charge in [-0.15, -0.1) is 0 Å². The van der Waals surface area contributed by atoms with E-state index in [2.05, 4.69) is 5.32 Å². The number of hydrogen-bond acceptors (Lipinski definition) is 4. The summed E-state index contributed by atoms with van der Waals surface area (Å²) in [5.74, 6) is -3.32. The third-order valence-corrected chi connectivity index (χ3v) is 4.33. The highest BCUT2D eigenvalue weighted by molar-refractivity contribution is 6.22. The van der Waals surface area contributed by atoms with E-state index in [1.807, 2.05) is 0 Å². The van der Waals surface area contributed by atoms with Crippen LogP contribution in [-0.4, -0.2) is 22.6 Å². The Bertz CT molecular complexity index is 1090. The Morgan fingerprint density at radius 3 is 2.36 bits per heavy atom. The smallest absolute Gasteiger partial charge is 0.261 e. The van der Waals surface area contributed by atoms with E-state index in [1.165, 1.54) is 30.5 Å². The normalized spacial score (nSPS) is 13.0. The van der Waals surface area contributed by atoms with Crippen LogP contribution in [0.4, 0.5) is 14.5 Å². The number of para-hydroxylation sites is 1. The number of carbonyl (C=O) groups excluding carboxylic acids is 3. The SMILES string of the molecule is O=C(Nc1c(F)cccc1F)c1ccc2c(c1)C(=O)N(Cc1ccco1)C2=O. The number of nitrogens with zero attached hydrogens (tertiary/aromatic N) is 1. The standard InChI is InChI=1S/C20H12F2N2O4/c21-15-4-1-5-16(22)17(15)23-18(25)11-6-7-13-14(9-11)20(27)24(19(13)26)10-12-3-2-8-28-12/h1-9H,10H2,(H,23,25). The average molecular weight is 382 g/mol. The number of furan rings is 1. The van der Waals surface area contributed by atoms with Crippen LogP contribution in [0.1, 0.15) is 36.8 Å². The van der Waals surface area contributed by atoms with Gasteiger partial charge in [-0.25, -0.2) is 8.78 Å². The number of fused-ring (bicyclic) bond motifs is 1. The van der Waals surface area contributed by atoms with E-state index in [-0.39, 0.29) is 23.2 Å². The van der Waals surface area contributed by atoms with Crippen LogP contribution in [0.3, 0.4) is 0 Å². The molecule has 0 unspecified atom stereocenters. The van der Waals surface area contributed by atoms with Gasteiger partial charge in [0.05, 0.1) is 23.9 Å². The van der Waals surface area contributed by atoms with Crippen molar-refractivity contribution in [3.05, 3.63) is 88.9 Å². The molecule has 0 atom stereocenters. The van der Waals surface area contributed by atoms with Crippen LogP contribution in [0, 0.1) is 11.6 Å². The predicted molar refractivity (Wildman–Crippen MR) is 93.7 cm³/mol. The van der Waals surface area contributed by atoms with Crippen LogP contribution in [0.2, 0.25) is 0 Å². The van der Waals surface area contributed by atoms with Gasteiger partial charge in [-0.3, -0.25) is 19.3 Å². The maximum absolute atomic E-state index is 13.7. The van der Waals surface area contributed by atoms with Crippen LogP contribution < -0.4 is 5.32 Å². The van der Waals surface area contributed by atoms with Crippen LogP contribution >= 0.6 is 0 Å². The molecule has 28 heavy (non-hydrogen) atoms. The fourth-order valence-electron chi connectivity index (χ4n) is 2.94. The second-order valence-corrected chi connectivity index (χ2v) is 6.09. The van der Waals surface area contributed by atoms with E-state index in [0.717, 1.165) is 17.0 Å². The minimum atomic E-state index is -0.926. The molecule has 0 saturated carbocycles. The molecule has 1 aromatic heterocycles. The average Bonchev–Trinajstić information content (AvgIpc) is 3.28. The Labute approximate surface area is 157 Å². The zero-order chi connectivity index (χ0) is 19.8. The molecule has 8 heteroatoms. The number of imide groups is 1. The second-order valence-electron chi connectivity index (χ2n) is 6.09. The van der Waals surface area contributed by atoms with Crippen molar-refractivity contribution in [1.29, 1.82) is 0 Å². The summed E-state index contributed by atoms with van der Waals surface area (Å²) in [6.07, 6.45) is 1.43. The molecule has 1 aliphatic heterocycles. The number of amides is 3. The Hall–Kier alpha value is -3.81. The first-order valence-corrected chi connectivity index (χ1v) is 8.23. The summed E-state index contributed by atoms with van der Waals surface area (Å²) in [6, 6.07) is 10.3. The number of halogens is 2. The molecule has 140 valence electrons. The van der Waals surface area contributed by atoms with Crippen LogP contribution in [0.15, 0.2) is 59.2 Å². The first-order chi connectivity index (χ1) is 13.5. The lowest BCUT2D eigenvalue weighted by atomic mass is 10.1. The number of nitrogens with one attached hydrogen (secondary N) is 1. The maximum Gasteiger partial charge on any atom is 0.261 e. The summed E-state index contributed by atoms with van der Waals surface area (Å²) in [5, 5.41) is 2.15. The number of rotatable bonds is 4. The van der Waals surface area contributed by atoms with Gasteiger partial charge in [0.2, 0.25) is 0 Å². The number of hydrogen-bond donors (Lipinski definition) is 1. The summed E-state index contributed by atoms with van der Waals surface area (Å²) in [4.78, 5) is 38.4. The lowest BCUT2D eigenvalue weighted by molar-refractivity contribution is 0.0631. The molecule has 0 aliphatic carbocycles. The van der Waals surface area contributed by atoms with Gasteiger partial charge >= 0.3 is 0 Å². The van der Waals surface area contributed by atoms with Crippen molar-refractivity contribution in [2.75, 3.05) is 5.32 Å². The lowest BCUT2D eigenvalue weighted by Gasteiger charge is -2.11. The minimum absolute atomic E-state index is 0.0117. The van der Waals surface area contributed by atoms with Gasteiger partial charge < -0.3 is 9.73 Å². The van der Waals surface area contributed by atoms with E-state index in [4.69, 9.17) is 4.42 Å². The van der Waals surface area contributed by atoms with Crippen LogP contribution in [0.25, 0.3) is 0 Å². The van der Waals surface area contributed by atoms with Crippen molar-refractivity contribution in [2.45, 2.75) is 6.54 Å². The monoisotopic (exact) mass is 382 g/mol. The molecule has 0 spiro atoms. The fourth-order valence-corrected chi connectivity index (χ4v) is 2.94. The van der Waals surface area contributed by atoms with Crippen molar-refractivity contribution in [1.82, 2.24) is 4.90 Å². The van der Waals surface area contributed by atoms with Gasteiger partial charge in [0.25, 0.3) is 17.7 Å². The largest absolute Gasteiger partial charge is 0.467 e. The number of benzene rings is 2. The highest BCUT2D eigenvalue weighted by atomic mass is 19.1. The Balaban J connectivity index is 1.60. The third-order valence-electron chi connectivity index (χ3n) is 4.33. The molecule has 3 aromatic rings.